The van der Waals surface area contributed by atoms with Gasteiger partial charge in [-0.2, -0.15) is 4.57 Å². The van der Waals surface area contributed by atoms with E-state index in [1.807, 2.05) is 11.3 Å². The zero-order valence-electron chi connectivity index (χ0n) is 13.5. The van der Waals surface area contributed by atoms with Gasteiger partial charge in [-0.1, -0.05) is 35.6 Å². The van der Waals surface area contributed by atoms with Crippen LogP contribution >= 0.6 is 11.3 Å². The van der Waals surface area contributed by atoms with Gasteiger partial charge in [0.15, 0.2) is 5.69 Å². The van der Waals surface area contributed by atoms with Crippen LogP contribution in [-0.2, 0) is 7.05 Å². The Morgan fingerprint density at radius 2 is 2.00 bits per heavy atom. The van der Waals surface area contributed by atoms with E-state index in [1.54, 1.807) is 0 Å². The van der Waals surface area contributed by atoms with E-state index in [0.29, 0.717) is 0 Å². The maximum atomic E-state index is 2.28. The third kappa shape index (κ3) is 2.53. The van der Waals surface area contributed by atoms with Crippen molar-refractivity contribution in [2.75, 3.05) is 11.9 Å². The van der Waals surface area contributed by atoms with Crippen LogP contribution < -0.4 is 9.47 Å². The van der Waals surface area contributed by atoms with E-state index in [9.17, 15) is 0 Å². The highest BCUT2D eigenvalue weighted by atomic mass is 32.1. The van der Waals surface area contributed by atoms with E-state index >= 15 is 0 Å². The van der Waals surface area contributed by atoms with Crippen molar-refractivity contribution in [1.29, 1.82) is 0 Å². The Balaban J connectivity index is 2.10. The zero-order chi connectivity index (χ0) is 15.7. The predicted octanol–water partition coefficient (Wildman–Crippen LogP) is 4.42. The van der Waals surface area contributed by atoms with Gasteiger partial charge in [0.2, 0.25) is 0 Å². The van der Waals surface area contributed by atoms with Gasteiger partial charge in [0, 0.05) is 37.5 Å². The largest absolute Gasteiger partial charge is 0.351 e. The van der Waals surface area contributed by atoms with Crippen LogP contribution in [0.1, 0.15) is 28.1 Å². The van der Waals surface area contributed by atoms with Crippen molar-refractivity contribution in [2.45, 2.75) is 13.8 Å². The molecule has 1 aliphatic heterocycles. The molecule has 0 aliphatic carbocycles. The molecule has 1 aromatic carbocycles. The van der Waals surface area contributed by atoms with Crippen molar-refractivity contribution in [2.24, 2.45) is 7.05 Å². The normalized spacial score (nSPS) is 15.8. The molecule has 0 fully saturated rings. The second kappa shape index (κ2) is 5.93. The fourth-order valence-corrected chi connectivity index (χ4v) is 3.84. The number of aromatic nitrogens is 1. The first-order valence-corrected chi connectivity index (χ1v) is 8.27. The summed E-state index contributed by atoms with van der Waals surface area (Å²) in [5.41, 5.74) is 5.10. The Labute approximate surface area is 136 Å². The first-order valence-electron chi connectivity index (χ1n) is 7.46. The van der Waals surface area contributed by atoms with Crippen molar-refractivity contribution in [3.63, 3.8) is 0 Å². The molecule has 0 N–H and O–H groups in total. The highest BCUT2D eigenvalue weighted by molar-refractivity contribution is 7.13. The molecule has 22 heavy (non-hydrogen) atoms. The summed E-state index contributed by atoms with van der Waals surface area (Å²) in [4.78, 5) is 3.49. The topological polar surface area (TPSA) is 7.12 Å². The summed E-state index contributed by atoms with van der Waals surface area (Å²) in [5.74, 6) is 0. The lowest BCUT2D eigenvalue weighted by Crippen LogP contribution is -2.32. The molecule has 0 saturated carbocycles. The molecule has 2 aromatic rings. The monoisotopic (exact) mass is 309 g/mol. The number of nitrogens with zero attached hydrogens (tertiary/aromatic N) is 2. The summed E-state index contributed by atoms with van der Waals surface area (Å²) in [6.45, 7) is 4.24. The molecule has 0 amide bonds. The molecular weight excluding hydrogens is 288 g/mol. The number of benzene rings is 1. The third-order valence-electron chi connectivity index (χ3n) is 4.07. The molecule has 0 bridgehead atoms. The number of para-hydroxylation sites is 1. The highest BCUT2D eigenvalue weighted by Gasteiger charge is 2.19. The lowest BCUT2D eigenvalue weighted by molar-refractivity contribution is -0.674. The number of fused-ring (bicyclic) bond motifs is 1. The number of hydrogen-bond acceptors (Lipinski definition) is 2. The van der Waals surface area contributed by atoms with Crippen molar-refractivity contribution >= 4 is 34.7 Å². The number of hydrogen-bond donors (Lipinski definition) is 0. The van der Waals surface area contributed by atoms with Crippen LogP contribution in [0.15, 0.2) is 42.6 Å². The van der Waals surface area contributed by atoms with E-state index in [2.05, 4.69) is 92.2 Å². The average Bonchev–Trinajstić information content (AvgIpc) is 2.79. The summed E-state index contributed by atoms with van der Waals surface area (Å²) in [7, 11) is 4.22. The fraction of sp³-hybridized carbons (Fsp3) is 0.211. The van der Waals surface area contributed by atoms with Crippen LogP contribution in [0.25, 0.3) is 17.7 Å². The summed E-state index contributed by atoms with van der Waals surface area (Å²) < 4.78 is 2.27. The van der Waals surface area contributed by atoms with Crippen molar-refractivity contribution < 1.29 is 4.57 Å². The summed E-state index contributed by atoms with van der Waals surface area (Å²) in [5, 5.41) is 1.27. The standard InChI is InChI=1S/C19H21N2S/c1-5-8-18-14(2)21(4)19(22-18)13-15-11-12-20(3)17-10-7-6-9-16(15)17/h5-13H,1-4H3/q+1/b8-5-. The molecular formula is C19H21N2S+. The Morgan fingerprint density at radius 1 is 1.23 bits per heavy atom. The maximum Gasteiger partial charge on any atom is 0.262 e. The van der Waals surface area contributed by atoms with Crippen LogP contribution in [0, 0.1) is 6.92 Å². The van der Waals surface area contributed by atoms with Gasteiger partial charge in [-0.25, -0.2) is 0 Å². The Morgan fingerprint density at radius 3 is 2.77 bits per heavy atom. The lowest BCUT2D eigenvalue weighted by atomic mass is 10.00. The van der Waals surface area contributed by atoms with E-state index < -0.39 is 0 Å². The second-order valence-electron chi connectivity index (χ2n) is 5.49. The quantitative estimate of drug-likeness (QED) is 0.745. The van der Waals surface area contributed by atoms with E-state index in [0.717, 1.165) is 0 Å². The first kappa shape index (κ1) is 14.8. The molecule has 1 aliphatic rings. The van der Waals surface area contributed by atoms with Gasteiger partial charge in [0.05, 0.1) is 4.88 Å². The second-order valence-corrected chi connectivity index (χ2v) is 6.55. The van der Waals surface area contributed by atoms with Gasteiger partial charge < -0.3 is 4.90 Å². The molecule has 0 atom stereocenters. The Bertz CT molecular complexity index is 794. The molecule has 0 radical (unpaired) electrons. The van der Waals surface area contributed by atoms with Gasteiger partial charge in [0.1, 0.15) is 7.05 Å². The predicted molar refractivity (Wildman–Crippen MR) is 96.8 cm³/mol. The van der Waals surface area contributed by atoms with Gasteiger partial charge in [-0.05, 0) is 30.7 Å². The fourth-order valence-electron chi connectivity index (χ4n) is 2.66. The minimum atomic E-state index is 1.25. The zero-order valence-corrected chi connectivity index (χ0v) is 14.3. The van der Waals surface area contributed by atoms with Gasteiger partial charge in [-0.3, -0.25) is 0 Å². The maximum absolute atomic E-state index is 2.28. The Hall–Kier alpha value is -2.13. The van der Waals surface area contributed by atoms with Crippen molar-refractivity contribution in [1.82, 2.24) is 0 Å². The Kier molecular flexibility index (Phi) is 3.99. The molecule has 2 nitrogen and oxygen atoms in total. The SMILES string of the molecule is C/C=C\c1sc(/C=C2\C=CN(C)c3ccccc32)[n+](C)c1C. The van der Waals surface area contributed by atoms with E-state index in [1.165, 1.54) is 32.4 Å². The molecule has 0 spiro atoms. The van der Waals surface area contributed by atoms with Crippen LogP contribution in [0.4, 0.5) is 5.69 Å². The van der Waals surface area contributed by atoms with Crippen molar-refractivity contribution in [3.05, 3.63) is 63.8 Å². The number of allylic oxidation sites excluding steroid dienone is 3. The summed E-state index contributed by atoms with van der Waals surface area (Å²) in [6.07, 6.45) is 10.9. The highest BCUT2D eigenvalue weighted by Crippen LogP contribution is 2.33. The number of anilines is 1. The van der Waals surface area contributed by atoms with E-state index in [-0.39, 0.29) is 0 Å². The smallest absolute Gasteiger partial charge is 0.262 e. The summed E-state index contributed by atoms with van der Waals surface area (Å²) in [6, 6.07) is 8.54. The molecule has 2 heterocycles. The lowest BCUT2D eigenvalue weighted by Gasteiger charge is -2.23. The van der Waals surface area contributed by atoms with Crippen molar-refractivity contribution in [3.8, 4) is 0 Å². The van der Waals surface area contributed by atoms with Crippen LogP contribution in [0.2, 0.25) is 0 Å². The molecule has 3 rings (SSSR count). The third-order valence-corrected chi connectivity index (χ3v) is 5.33. The molecule has 0 saturated heterocycles. The van der Waals surface area contributed by atoms with E-state index in [4.69, 9.17) is 0 Å². The van der Waals surface area contributed by atoms with Gasteiger partial charge >= 0.3 is 0 Å². The van der Waals surface area contributed by atoms with Crippen LogP contribution in [-0.4, -0.2) is 7.05 Å². The molecule has 112 valence electrons. The molecule has 3 heteroatoms. The van der Waals surface area contributed by atoms with Gasteiger partial charge in [0.25, 0.3) is 5.01 Å². The first-order chi connectivity index (χ1) is 10.6. The average molecular weight is 309 g/mol. The summed E-state index contributed by atoms with van der Waals surface area (Å²) >= 11 is 1.83. The number of rotatable bonds is 2. The van der Waals surface area contributed by atoms with Crippen LogP contribution in [0.3, 0.4) is 0 Å². The van der Waals surface area contributed by atoms with Crippen LogP contribution in [0.5, 0.6) is 0 Å². The number of thiazole rings is 1. The molecule has 0 unspecified atom stereocenters. The minimum Gasteiger partial charge on any atom is -0.351 e. The molecule has 1 aromatic heterocycles. The van der Waals surface area contributed by atoms with Gasteiger partial charge in [-0.15, -0.1) is 0 Å². The minimum absolute atomic E-state index is 1.25.